The zero-order valence-electron chi connectivity index (χ0n) is 18.6. The molecule has 0 fully saturated rings. The number of ketones is 1. The summed E-state index contributed by atoms with van der Waals surface area (Å²) < 4.78 is 6.26. The van der Waals surface area contributed by atoms with Crippen LogP contribution in [0.15, 0.2) is 100 Å². The summed E-state index contributed by atoms with van der Waals surface area (Å²) in [6.45, 7) is 0. The molecule has 0 radical (unpaired) electrons. The number of carbonyl (C=O) groups excluding carboxylic acids is 1. The van der Waals surface area contributed by atoms with Gasteiger partial charge in [-0.2, -0.15) is 0 Å². The molecule has 4 nitrogen and oxygen atoms in total. The number of phenolic OH excluding ortho intramolecular Hbond substituents is 1. The average Bonchev–Trinajstić information content (AvgIpc) is 2.89. The molecule has 36 heavy (non-hydrogen) atoms. The summed E-state index contributed by atoms with van der Waals surface area (Å²) in [6, 6.07) is 26.0. The number of rotatable bonds is 3. The lowest BCUT2D eigenvalue weighted by atomic mass is 9.92. The zero-order chi connectivity index (χ0) is 25.0. The molecule has 174 valence electrons. The van der Waals surface area contributed by atoms with E-state index in [1.54, 1.807) is 24.3 Å². The van der Waals surface area contributed by atoms with E-state index in [4.69, 9.17) is 27.6 Å². The molecule has 0 unspecified atom stereocenters. The molecule has 0 bridgehead atoms. The molecule has 6 rings (SSSR count). The number of halogens is 2. The van der Waals surface area contributed by atoms with Crippen LogP contribution in [0.4, 0.5) is 0 Å². The van der Waals surface area contributed by atoms with Crippen molar-refractivity contribution in [3.8, 4) is 16.9 Å². The number of aromatic hydroxyl groups is 1. The third kappa shape index (κ3) is 3.63. The Balaban J connectivity index is 1.74. The Labute approximate surface area is 214 Å². The number of phenols is 1. The van der Waals surface area contributed by atoms with Gasteiger partial charge in [-0.05, 0) is 64.9 Å². The molecule has 1 heterocycles. The minimum atomic E-state index is -0.469. The van der Waals surface area contributed by atoms with Gasteiger partial charge >= 0.3 is 0 Å². The van der Waals surface area contributed by atoms with E-state index in [-0.39, 0.29) is 27.7 Å². The van der Waals surface area contributed by atoms with Crippen molar-refractivity contribution in [1.29, 1.82) is 0 Å². The zero-order valence-corrected chi connectivity index (χ0v) is 20.1. The van der Waals surface area contributed by atoms with Crippen LogP contribution in [-0.4, -0.2) is 10.9 Å². The van der Waals surface area contributed by atoms with Crippen molar-refractivity contribution in [2.75, 3.05) is 0 Å². The predicted molar refractivity (Wildman–Crippen MR) is 144 cm³/mol. The fourth-order valence-electron chi connectivity index (χ4n) is 4.57. The Hall–Kier alpha value is -4.12. The molecule has 1 N–H and O–H groups in total. The predicted octanol–water partition coefficient (Wildman–Crippen LogP) is 8.01. The van der Waals surface area contributed by atoms with Gasteiger partial charge < -0.3 is 9.52 Å². The van der Waals surface area contributed by atoms with Crippen molar-refractivity contribution in [3.63, 3.8) is 0 Å². The molecule has 6 aromatic rings. The summed E-state index contributed by atoms with van der Waals surface area (Å²) in [7, 11) is 0. The second-order valence-corrected chi connectivity index (χ2v) is 9.36. The molecular formula is C30H16Cl2O4. The normalized spacial score (nSPS) is 11.4. The second kappa shape index (κ2) is 8.52. The van der Waals surface area contributed by atoms with Gasteiger partial charge in [0.1, 0.15) is 16.9 Å². The summed E-state index contributed by atoms with van der Waals surface area (Å²) in [6.07, 6.45) is 0. The van der Waals surface area contributed by atoms with Gasteiger partial charge in [-0.15, -0.1) is 0 Å². The Morgan fingerprint density at radius 2 is 1.47 bits per heavy atom. The summed E-state index contributed by atoms with van der Waals surface area (Å²) in [5.74, 6) is -0.669. The van der Waals surface area contributed by atoms with Crippen LogP contribution in [0, 0.1) is 0 Å². The standard InChI is InChI=1S/C30H16Cl2O4/c31-18-8-10-26(33)23(14-18)28(34)17-12-22(21-7-3-5-16-4-1-2-6-20(16)21)30-25(13-17)29(35)24-15-19(32)9-11-27(24)36-30/h1-15,33H. The number of hydrogen-bond acceptors (Lipinski definition) is 4. The fraction of sp³-hybridized carbons (Fsp3) is 0. The van der Waals surface area contributed by atoms with Crippen LogP contribution in [0.3, 0.4) is 0 Å². The first-order valence-corrected chi connectivity index (χ1v) is 11.9. The van der Waals surface area contributed by atoms with Gasteiger partial charge in [-0.1, -0.05) is 65.7 Å². The molecule has 0 atom stereocenters. The van der Waals surface area contributed by atoms with E-state index in [1.807, 2.05) is 42.5 Å². The van der Waals surface area contributed by atoms with Crippen molar-refractivity contribution in [2.45, 2.75) is 0 Å². The van der Waals surface area contributed by atoms with Gasteiger partial charge in [0.15, 0.2) is 5.78 Å². The smallest absolute Gasteiger partial charge is 0.200 e. The SMILES string of the molecule is O=C(c1cc(-c2cccc3ccccc23)c2oc3ccc(Cl)cc3c(=O)c2c1)c1cc(Cl)ccc1O. The van der Waals surface area contributed by atoms with Crippen molar-refractivity contribution >= 4 is 61.7 Å². The highest BCUT2D eigenvalue weighted by Crippen LogP contribution is 2.37. The Bertz CT molecular complexity index is 1920. The number of fused-ring (bicyclic) bond motifs is 3. The molecule has 0 saturated heterocycles. The van der Waals surface area contributed by atoms with Crippen LogP contribution in [-0.2, 0) is 0 Å². The van der Waals surface area contributed by atoms with Crippen LogP contribution in [0.1, 0.15) is 15.9 Å². The minimum Gasteiger partial charge on any atom is -0.507 e. The summed E-state index contributed by atoms with van der Waals surface area (Å²) >= 11 is 12.3. The molecule has 0 saturated carbocycles. The molecule has 0 amide bonds. The summed E-state index contributed by atoms with van der Waals surface area (Å²) in [5, 5.41) is 13.6. The third-order valence-electron chi connectivity index (χ3n) is 6.28. The number of hydrogen-bond donors (Lipinski definition) is 1. The highest BCUT2D eigenvalue weighted by atomic mass is 35.5. The van der Waals surface area contributed by atoms with E-state index < -0.39 is 5.78 Å². The maximum atomic E-state index is 13.6. The second-order valence-electron chi connectivity index (χ2n) is 8.49. The van der Waals surface area contributed by atoms with Gasteiger partial charge in [0.2, 0.25) is 5.43 Å². The molecule has 0 aliphatic rings. The molecule has 0 aliphatic carbocycles. The van der Waals surface area contributed by atoms with Crippen molar-refractivity contribution in [3.05, 3.63) is 122 Å². The lowest BCUT2D eigenvalue weighted by molar-refractivity contribution is 0.103. The van der Waals surface area contributed by atoms with Gasteiger partial charge in [-0.25, -0.2) is 0 Å². The Kier molecular flexibility index (Phi) is 5.29. The Morgan fingerprint density at radius 3 is 2.33 bits per heavy atom. The molecule has 0 spiro atoms. The highest BCUT2D eigenvalue weighted by molar-refractivity contribution is 6.31. The lowest BCUT2D eigenvalue weighted by Crippen LogP contribution is -2.07. The Morgan fingerprint density at radius 1 is 0.722 bits per heavy atom. The van der Waals surface area contributed by atoms with Crippen LogP contribution in [0.25, 0.3) is 43.8 Å². The van der Waals surface area contributed by atoms with Crippen LogP contribution in [0.2, 0.25) is 10.0 Å². The first-order chi connectivity index (χ1) is 17.4. The average molecular weight is 511 g/mol. The topological polar surface area (TPSA) is 67.5 Å². The molecule has 0 aliphatic heterocycles. The van der Waals surface area contributed by atoms with Gasteiger partial charge in [0.05, 0.1) is 16.3 Å². The maximum Gasteiger partial charge on any atom is 0.200 e. The number of benzene rings is 5. The van der Waals surface area contributed by atoms with Crippen LogP contribution >= 0.6 is 23.2 Å². The highest BCUT2D eigenvalue weighted by Gasteiger charge is 2.21. The van der Waals surface area contributed by atoms with Crippen molar-refractivity contribution in [1.82, 2.24) is 0 Å². The minimum absolute atomic E-state index is 0.0407. The molecular weight excluding hydrogens is 495 g/mol. The lowest BCUT2D eigenvalue weighted by Gasteiger charge is -2.13. The first kappa shape index (κ1) is 22.4. The quantitative estimate of drug-likeness (QED) is 0.193. The third-order valence-corrected chi connectivity index (χ3v) is 6.75. The van der Waals surface area contributed by atoms with Gasteiger partial charge in [0.25, 0.3) is 0 Å². The van der Waals surface area contributed by atoms with E-state index in [0.29, 0.717) is 32.2 Å². The van der Waals surface area contributed by atoms with E-state index in [2.05, 4.69) is 0 Å². The summed E-state index contributed by atoms with van der Waals surface area (Å²) in [5.41, 5.74) is 2.10. The van der Waals surface area contributed by atoms with Gasteiger partial charge in [0, 0.05) is 21.2 Å². The van der Waals surface area contributed by atoms with Crippen molar-refractivity contribution < 1.29 is 14.3 Å². The first-order valence-electron chi connectivity index (χ1n) is 11.1. The van der Waals surface area contributed by atoms with Crippen molar-refractivity contribution in [2.24, 2.45) is 0 Å². The molecule has 1 aromatic heterocycles. The van der Waals surface area contributed by atoms with E-state index in [1.165, 1.54) is 24.3 Å². The van der Waals surface area contributed by atoms with Crippen LogP contribution < -0.4 is 5.43 Å². The number of carbonyl (C=O) groups is 1. The maximum absolute atomic E-state index is 13.6. The monoisotopic (exact) mass is 510 g/mol. The summed E-state index contributed by atoms with van der Waals surface area (Å²) in [4.78, 5) is 27.2. The van der Waals surface area contributed by atoms with Crippen LogP contribution in [0.5, 0.6) is 5.75 Å². The van der Waals surface area contributed by atoms with E-state index in [9.17, 15) is 14.7 Å². The largest absolute Gasteiger partial charge is 0.507 e. The van der Waals surface area contributed by atoms with E-state index >= 15 is 0 Å². The molecule has 5 aromatic carbocycles. The van der Waals surface area contributed by atoms with E-state index in [0.717, 1.165) is 16.3 Å². The fourth-order valence-corrected chi connectivity index (χ4v) is 4.91. The van der Waals surface area contributed by atoms with Gasteiger partial charge in [-0.3, -0.25) is 9.59 Å². The molecule has 6 heteroatoms.